The highest BCUT2D eigenvalue weighted by atomic mass is 16.5. The summed E-state index contributed by atoms with van der Waals surface area (Å²) < 4.78 is 7.42. The fraction of sp³-hybridized carbons (Fsp3) is 0.636. The van der Waals surface area contributed by atoms with E-state index in [1.807, 2.05) is 0 Å². The van der Waals surface area contributed by atoms with E-state index in [9.17, 15) is 4.79 Å². The summed E-state index contributed by atoms with van der Waals surface area (Å²) in [6.45, 7) is 8.49. The standard InChI is InChI=1S/C22H32N4O2/c1-3-26-19-8-5-4-7-18(19)23-20(26)15-24-13-11-22(16-24)10-6-12-25(17-22)21(27)9-14-28-2/h4-5,7-8H,3,6,9-17H2,1-2H3. The Morgan fingerprint density at radius 3 is 2.89 bits per heavy atom. The number of likely N-dealkylation sites (tertiary alicyclic amines) is 2. The van der Waals surface area contributed by atoms with Crippen LogP contribution in [0.3, 0.4) is 0 Å². The van der Waals surface area contributed by atoms with Crippen molar-refractivity contribution >= 4 is 16.9 Å². The molecule has 2 saturated heterocycles. The number of rotatable bonds is 6. The molecule has 2 aliphatic rings. The number of methoxy groups -OCH3 is 1. The van der Waals surface area contributed by atoms with Gasteiger partial charge in [-0.2, -0.15) is 0 Å². The summed E-state index contributed by atoms with van der Waals surface area (Å²) in [6, 6.07) is 8.40. The van der Waals surface area contributed by atoms with Crippen molar-refractivity contribution in [3.8, 4) is 0 Å². The topological polar surface area (TPSA) is 50.6 Å². The number of imidazole rings is 1. The Morgan fingerprint density at radius 1 is 1.21 bits per heavy atom. The fourth-order valence-corrected chi connectivity index (χ4v) is 5.06. The monoisotopic (exact) mass is 384 g/mol. The molecule has 6 nitrogen and oxygen atoms in total. The minimum atomic E-state index is 0.243. The van der Waals surface area contributed by atoms with Crippen molar-refractivity contribution < 1.29 is 9.53 Å². The van der Waals surface area contributed by atoms with E-state index in [-0.39, 0.29) is 11.3 Å². The minimum absolute atomic E-state index is 0.243. The maximum Gasteiger partial charge on any atom is 0.224 e. The Hall–Kier alpha value is -1.92. The van der Waals surface area contributed by atoms with Gasteiger partial charge < -0.3 is 14.2 Å². The molecule has 0 saturated carbocycles. The number of para-hydroxylation sites is 2. The second-order valence-corrected chi connectivity index (χ2v) is 8.38. The van der Waals surface area contributed by atoms with Crippen molar-refractivity contribution in [2.75, 3.05) is 39.9 Å². The highest BCUT2D eigenvalue weighted by molar-refractivity contribution is 5.76. The van der Waals surface area contributed by atoms with Gasteiger partial charge in [0.15, 0.2) is 0 Å². The molecule has 1 unspecified atom stereocenters. The fourth-order valence-electron chi connectivity index (χ4n) is 5.06. The van der Waals surface area contributed by atoms with Crippen molar-refractivity contribution in [1.29, 1.82) is 0 Å². The zero-order chi connectivity index (χ0) is 19.6. The first kappa shape index (κ1) is 19.4. The second kappa shape index (κ2) is 8.21. The molecule has 4 rings (SSSR count). The van der Waals surface area contributed by atoms with Crippen molar-refractivity contribution in [3.05, 3.63) is 30.1 Å². The lowest BCUT2D eigenvalue weighted by Gasteiger charge is -2.40. The number of hydrogen-bond donors (Lipinski definition) is 0. The van der Waals surface area contributed by atoms with E-state index in [2.05, 4.69) is 45.6 Å². The molecule has 1 spiro atoms. The summed E-state index contributed by atoms with van der Waals surface area (Å²) in [7, 11) is 1.66. The summed E-state index contributed by atoms with van der Waals surface area (Å²) in [5.74, 6) is 1.40. The number of hydrogen-bond acceptors (Lipinski definition) is 4. The molecule has 6 heteroatoms. The SMILES string of the molecule is CCn1c(CN2CCC3(CCCN(C(=O)CCOC)C3)C2)nc2ccccc21. The third-order valence-electron chi connectivity index (χ3n) is 6.47. The van der Waals surface area contributed by atoms with Crippen LogP contribution in [0.1, 0.15) is 38.4 Å². The number of piperidine rings is 1. The van der Waals surface area contributed by atoms with E-state index < -0.39 is 0 Å². The van der Waals surface area contributed by atoms with Gasteiger partial charge in [0.05, 0.1) is 30.6 Å². The zero-order valence-corrected chi connectivity index (χ0v) is 17.2. The van der Waals surface area contributed by atoms with Crippen molar-refractivity contribution in [1.82, 2.24) is 19.4 Å². The maximum atomic E-state index is 12.5. The molecule has 0 bridgehead atoms. The Labute approximate surface area is 167 Å². The van der Waals surface area contributed by atoms with Gasteiger partial charge in [-0.05, 0) is 44.9 Å². The summed E-state index contributed by atoms with van der Waals surface area (Å²) >= 11 is 0. The van der Waals surface area contributed by atoms with Gasteiger partial charge in [-0.15, -0.1) is 0 Å². The minimum Gasteiger partial charge on any atom is -0.384 e. The van der Waals surface area contributed by atoms with Gasteiger partial charge in [-0.1, -0.05) is 12.1 Å². The van der Waals surface area contributed by atoms with Crippen LogP contribution < -0.4 is 0 Å². The van der Waals surface area contributed by atoms with E-state index in [1.54, 1.807) is 7.11 Å². The third kappa shape index (κ3) is 3.80. The molecule has 0 N–H and O–H groups in total. The number of carbonyl (C=O) groups excluding carboxylic acids is 1. The highest BCUT2D eigenvalue weighted by Crippen LogP contribution is 2.39. The maximum absolute atomic E-state index is 12.5. The van der Waals surface area contributed by atoms with Crippen LogP contribution in [-0.4, -0.2) is 65.2 Å². The summed E-state index contributed by atoms with van der Waals surface area (Å²) in [5.41, 5.74) is 2.56. The Morgan fingerprint density at radius 2 is 2.07 bits per heavy atom. The molecular weight excluding hydrogens is 352 g/mol. The first-order chi connectivity index (χ1) is 13.6. The molecule has 1 amide bonds. The number of aryl methyl sites for hydroxylation is 1. The van der Waals surface area contributed by atoms with Gasteiger partial charge in [0.25, 0.3) is 0 Å². The molecule has 2 aromatic rings. The lowest BCUT2D eigenvalue weighted by molar-refractivity contribution is -0.135. The summed E-state index contributed by atoms with van der Waals surface area (Å²) in [5, 5.41) is 0. The lowest BCUT2D eigenvalue weighted by atomic mass is 9.79. The van der Waals surface area contributed by atoms with Gasteiger partial charge in [0.1, 0.15) is 5.82 Å². The Kier molecular flexibility index (Phi) is 5.69. The number of carbonyl (C=O) groups is 1. The van der Waals surface area contributed by atoms with Gasteiger partial charge >= 0.3 is 0 Å². The molecule has 2 fully saturated rings. The lowest BCUT2D eigenvalue weighted by Crippen LogP contribution is -2.47. The highest BCUT2D eigenvalue weighted by Gasteiger charge is 2.42. The normalized spacial score (nSPS) is 23.1. The largest absolute Gasteiger partial charge is 0.384 e. The molecule has 3 heterocycles. The number of benzene rings is 1. The predicted octanol–water partition coefficient (Wildman–Crippen LogP) is 2.91. The molecule has 1 aromatic heterocycles. The van der Waals surface area contributed by atoms with E-state index in [4.69, 9.17) is 9.72 Å². The number of ether oxygens (including phenoxy) is 1. The van der Waals surface area contributed by atoms with E-state index in [1.165, 1.54) is 18.4 Å². The van der Waals surface area contributed by atoms with Crippen LogP contribution in [0.25, 0.3) is 11.0 Å². The van der Waals surface area contributed by atoms with Crippen LogP contribution in [-0.2, 0) is 22.6 Å². The molecule has 0 radical (unpaired) electrons. The predicted molar refractivity (Wildman–Crippen MR) is 110 cm³/mol. The van der Waals surface area contributed by atoms with E-state index >= 15 is 0 Å². The average Bonchev–Trinajstić information content (AvgIpc) is 3.26. The van der Waals surface area contributed by atoms with Crippen LogP contribution in [0.5, 0.6) is 0 Å². The first-order valence-corrected chi connectivity index (χ1v) is 10.6. The van der Waals surface area contributed by atoms with Crippen LogP contribution in [0.15, 0.2) is 24.3 Å². The smallest absolute Gasteiger partial charge is 0.224 e. The zero-order valence-electron chi connectivity index (χ0n) is 17.2. The van der Waals surface area contributed by atoms with Crippen LogP contribution >= 0.6 is 0 Å². The second-order valence-electron chi connectivity index (χ2n) is 8.38. The average molecular weight is 385 g/mol. The van der Waals surface area contributed by atoms with Crippen molar-refractivity contribution in [3.63, 3.8) is 0 Å². The Balaban J connectivity index is 1.43. The van der Waals surface area contributed by atoms with Gasteiger partial charge in [-0.3, -0.25) is 9.69 Å². The molecule has 28 heavy (non-hydrogen) atoms. The van der Waals surface area contributed by atoms with E-state index in [0.29, 0.717) is 13.0 Å². The number of fused-ring (bicyclic) bond motifs is 1. The van der Waals surface area contributed by atoms with Gasteiger partial charge in [0, 0.05) is 38.7 Å². The third-order valence-corrected chi connectivity index (χ3v) is 6.47. The van der Waals surface area contributed by atoms with Crippen molar-refractivity contribution in [2.45, 2.75) is 45.7 Å². The quantitative estimate of drug-likeness (QED) is 0.768. The van der Waals surface area contributed by atoms with Crippen LogP contribution in [0.2, 0.25) is 0 Å². The number of nitrogens with zero attached hydrogens (tertiary/aromatic N) is 4. The van der Waals surface area contributed by atoms with Crippen LogP contribution in [0, 0.1) is 5.41 Å². The summed E-state index contributed by atoms with van der Waals surface area (Å²) in [6.07, 6.45) is 4.01. The van der Waals surface area contributed by atoms with Gasteiger partial charge in [-0.25, -0.2) is 4.98 Å². The van der Waals surface area contributed by atoms with E-state index in [0.717, 1.165) is 57.0 Å². The first-order valence-electron chi connectivity index (χ1n) is 10.6. The number of amides is 1. The summed E-state index contributed by atoms with van der Waals surface area (Å²) in [4.78, 5) is 22.0. The van der Waals surface area contributed by atoms with Crippen molar-refractivity contribution in [2.24, 2.45) is 5.41 Å². The molecular formula is C22H32N4O2. The van der Waals surface area contributed by atoms with Crippen LogP contribution in [0.4, 0.5) is 0 Å². The molecule has 1 aromatic carbocycles. The molecule has 1 atom stereocenters. The number of aromatic nitrogens is 2. The Bertz CT molecular complexity index is 833. The molecule has 0 aliphatic carbocycles. The molecule has 152 valence electrons. The van der Waals surface area contributed by atoms with Gasteiger partial charge in [0.2, 0.25) is 5.91 Å². The molecule has 2 aliphatic heterocycles.